The van der Waals surface area contributed by atoms with E-state index in [0.29, 0.717) is 23.6 Å². The van der Waals surface area contributed by atoms with Crippen molar-refractivity contribution in [3.8, 4) is 17.1 Å². The highest BCUT2D eigenvalue weighted by Gasteiger charge is 2.23. The number of carbonyl (C=O) groups excluding carboxylic acids is 1. The third kappa shape index (κ3) is 3.20. The third-order valence-electron chi connectivity index (χ3n) is 5.11. The number of nitrogens with zero attached hydrogens (tertiary/aromatic N) is 4. The number of fused-ring (bicyclic) bond motifs is 2. The van der Waals surface area contributed by atoms with E-state index in [2.05, 4.69) is 20.4 Å². The molecule has 3 aromatic heterocycles. The fourth-order valence-electron chi connectivity index (χ4n) is 3.59. The molecule has 0 saturated carbocycles. The molecule has 144 valence electrons. The van der Waals surface area contributed by atoms with E-state index >= 15 is 0 Å². The van der Waals surface area contributed by atoms with Crippen molar-refractivity contribution in [3.63, 3.8) is 0 Å². The van der Waals surface area contributed by atoms with E-state index in [-0.39, 0.29) is 11.9 Å². The molecule has 7 heteroatoms. The van der Waals surface area contributed by atoms with Crippen molar-refractivity contribution in [1.82, 2.24) is 24.9 Å². The van der Waals surface area contributed by atoms with Gasteiger partial charge in [-0.1, -0.05) is 18.2 Å². The molecule has 0 bridgehead atoms. The average molecular weight is 385 g/mol. The average Bonchev–Trinajstić information content (AvgIpc) is 3.17. The molecule has 1 atom stereocenters. The molecule has 1 aromatic carbocycles. The van der Waals surface area contributed by atoms with Crippen LogP contribution in [-0.2, 0) is 0 Å². The van der Waals surface area contributed by atoms with E-state index in [1.165, 1.54) is 0 Å². The van der Waals surface area contributed by atoms with Crippen LogP contribution in [0.1, 0.15) is 34.1 Å². The monoisotopic (exact) mass is 385 g/mol. The number of rotatable bonds is 3. The molecule has 4 aromatic rings. The lowest BCUT2D eigenvalue weighted by Gasteiger charge is -2.26. The number of benzene rings is 1. The summed E-state index contributed by atoms with van der Waals surface area (Å²) in [5.74, 6) is 1.27. The van der Waals surface area contributed by atoms with Gasteiger partial charge in [-0.3, -0.25) is 9.78 Å². The van der Waals surface area contributed by atoms with Crippen LogP contribution in [-0.4, -0.2) is 32.1 Å². The molecule has 5 rings (SSSR count). The number of pyridine rings is 2. The van der Waals surface area contributed by atoms with Crippen molar-refractivity contribution in [2.75, 3.05) is 6.61 Å². The number of hydrogen-bond donors (Lipinski definition) is 1. The van der Waals surface area contributed by atoms with Crippen molar-refractivity contribution >= 4 is 11.6 Å². The van der Waals surface area contributed by atoms with Gasteiger partial charge in [-0.15, -0.1) is 5.10 Å². The van der Waals surface area contributed by atoms with Gasteiger partial charge in [-0.05, 0) is 37.3 Å². The molecule has 1 aliphatic heterocycles. The molecule has 1 N–H and O–H groups in total. The van der Waals surface area contributed by atoms with E-state index in [1.54, 1.807) is 29.0 Å². The van der Waals surface area contributed by atoms with Gasteiger partial charge in [0.25, 0.3) is 5.91 Å². The van der Waals surface area contributed by atoms with Gasteiger partial charge in [0.15, 0.2) is 11.5 Å². The number of para-hydroxylation sites is 1. The molecule has 0 radical (unpaired) electrons. The summed E-state index contributed by atoms with van der Waals surface area (Å²) in [6.07, 6.45) is 4.23. The molecule has 0 unspecified atom stereocenters. The summed E-state index contributed by atoms with van der Waals surface area (Å²) in [6, 6.07) is 15.0. The predicted octanol–water partition coefficient (Wildman–Crippen LogP) is 3.35. The van der Waals surface area contributed by atoms with E-state index in [9.17, 15) is 4.79 Å². The Balaban J connectivity index is 1.42. The molecule has 0 spiro atoms. The van der Waals surface area contributed by atoms with Gasteiger partial charge in [0.1, 0.15) is 5.75 Å². The summed E-state index contributed by atoms with van der Waals surface area (Å²) in [7, 11) is 0. The van der Waals surface area contributed by atoms with E-state index in [1.807, 2.05) is 43.3 Å². The fourth-order valence-corrected chi connectivity index (χ4v) is 3.59. The van der Waals surface area contributed by atoms with Crippen LogP contribution in [0.5, 0.6) is 5.75 Å². The molecule has 7 nitrogen and oxygen atoms in total. The van der Waals surface area contributed by atoms with Gasteiger partial charge in [0.05, 0.1) is 12.6 Å². The molecule has 0 saturated heterocycles. The SMILES string of the molecule is Cc1ncccc1-c1nc2cc(C(=O)N[C@H]3CCOc4ccccc43)ccn2n1. The van der Waals surface area contributed by atoms with Crippen molar-refractivity contribution < 1.29 is 9.53 Å². The Hall–Kier alpha value is -3.74. The summed E-state index contributed by atoms with van der Waals surface area (Å²) in [6.45, 7) is 2.50. The lowest BCUT2D eigenvalue weighted by Crippen LogP contribution is -2.32. The van der Waals surface area contributed by atoms with Crippen LogP contribution in [0.4, 0.5) is 0 Å². The summed E-state index contributed by atoms with van der Waals surface area (Å²) >= 11 is 0. The van der Waals surface area contributed by atoms with Gasteiger partial charge in [-0.2, -0.15) is 0 Å². The minimum Gasteiger partial charge on any atom is -0.493 e. The van der Waals surface area contributed by atoms with Crippen LogP contribution in [0, 0.1) is 6.92 Å². The quantitative estimate of drug-likeness (QED) is 0.585. The first kappa shape index (κ1) is 17.4. The Labute approximate surface area is 167 Å². The first-order valence-corrected chi connectivity index (χ1v) is 9.50. The van der Waals surface area contributed by atoms with Crippen molar-refractivity contribution in [2.24, 2.45) is 0 Å². The van der Waals surface area contributed by atoms with E-state index in [4.69, 9.17) is 4.74 Å². The van der Waals surface area contributed by atoms with Crippen LogP contribution in [0.25, 0.3) is 17.0 Å². The van der Waals surface area contributed by atoms with Crippen LogP contribution >= 0.6 is 0 Å². The van der Waals surface area contributed by atoms with Crippen LogP contribution in [0.3, 0.4) is 0 Å². The van der Waals surface area contributed by atoms with Crippen molar-refractivity contribution in [3.05, 3.63) is 77.7 Å². The second-order valence-electron chi connectivity index (χ2n) is 6.99. The molecule has 0 fully saturated rings. The predicted molar refractivity (Wildman–Crippen MR) is 108 cm³/mol. The Morgan fingerprint density at radius 2 is 2.10 bits per heavy atom. The first-order chi connectivity index (χ1) is 14.2. The second kappa shape index (κ2) is 7.01. The Morgan fingerprint density at radius 3 is 3.00 bits per heavy atom. The van der Waals surface area contributed by atoms with Crippen LogP contribution < -0.4 is 10.1 Å². The third-order valence-corrected chi connectivity index (χ3v) is 5.11. The van der Waals surface area contributed by atoms with Gasteiger partial charge < -0.3 is 10.1 Å². The van der Waals surface area contributed by atoms with Crippen LogP contribution in [0.15, 0.2) is 60.9 Å². The van der Waals surface area contributed by atoms with E-state index in [0.717, 1.165) is 29.0 Å². The minimum absolute atomic E-state index is 0.0739. The number of ether oxygens (including phenoxy) is 1. The van der Waals surface area contributed by atoms with E-state index < -0.39 is 0 Å². The highest BCUT2D eigenvalue weighted by atomic mass is 16.5. The van der Waals surface area contributed by atoms with Gasteiger partial charge in [-0.25, -0.2) is 9.50 Å². The molecule has 4 heterocycles. The summed E-state index contributed by atoms with van der Waals surface area (Å²) in [5.41, 5.74) is 3.90. The maximum absolute atomic E-state index is 12.9. The zero-order valence-electron chi connectivity index (χ0n) is 15.9. The standard InChI is InChI=1S/C22H19N5O2/c1-14-16(6-4-10-23-14)21-25-20-13-15(8-11-27(20)26-21)22(28)24-18-9-12-29-19-7-3-2-5-17(18)19/h2-8,10-11,13,18H,9,12H2,1H3,(H,24,28)/t18-/m0/s1. The number of amides is 1. The maximum Gasteiger partial charge on any atom is 0.251 e. The first-order valence-electron chi connectivity index (χ1n) is 9.50. The second-order valence-corrected chi connectivity index (χ2v) is 6.99. The fraction of sp³-hybridized carbons (Fsp3) is 0.182. The van der Waals surface area contributed by atoms with Crippen molar-refractivity contribution in [1.29, 1.82) is 0 Å². The Kier molecular flexibility index (Phi) is 4.20. The van der Waals surface area contributed by atoms with Crippen molar-refractivity contribution in [2.45, 2.75) is 19.4 Å². The molecular formula is C22H19N5O2. The lowest BCUT2D eigenvalue weighted by atomic mass is 10.0. The normalized spacial score (nSPS) is 15.6. The minimum atomic E-state index is -0.142. The number of carbonyl (C=O) groups is 1. The highest BCUT2D eigenvalue weighted by Crippen LogP contribution is 2.31. The summed E-state index contributed by atoms with van der Waals surface area (Å²) < 4.78 is 7.34. The number of nitrogens with one attached hydrogen (secondary N) is 1. The number of aromatic nitrogens is 4. The topological polar surface area (TPSA) is 81.4 Å². The Morgan fingerprint density at radius 1 is 1.21 bits per heavy atom. The smallest absolute Gasteiger partial charge is 0.251 e. The zero-order chi connectivity index (χ0) is 19.8. The molecule has 0 aliphatic carbocycles. The maximum atomic E-state index is 12.9. The molecule has 29 heavy (non-hydrogen) atoms. The van der Waals surface area contributed by atoms with Gasteiger partial charge in [0, 0.05) is 41.2 Å². The van der Waals surface area contributed by atoms with Gasteiger partial charge in [0.2, 0.25) is 0 Å². The summed E-state index contributed by atoms with van der Waals surface area (Å²) in [4.78, 5) is 21.8. The molecule has 1 aliphatic rings. The van der Waals surface area contributed by atoms with Crippen LogP contribution in [0.2, 0.25) is 0 Å². The largest absolute Gasteiger partial charge is 0.493 e. The molecular weight excluding hydrogens is 366 g/mol. The van der Waals surface area contributed by atoms with Gasteiger partial charge >= 0.3 is 0 Å². The lowest BCUT2D eigenvalue weighted by molar-refractivity contribution is 0.0924. The molecule has 1 amide bonds. The Bertz CT molecular complexity index is 1220. The summed E-state index contributed by atoms with van der Waals surface area (Å²) in [5, 5.41) is 7.62. The zero-order valence-corrected chi connectivity index (χ0v) is 15.9. The number of hydrogen-bond acceptors (Lipinski definition) is 5. The number of aryl methyl sites for hydroxylation is 1. The highest BCUT2D eigenvalue weighted by molar-refractivity contribution is 5.95.